The van der Waals surface area contributed by atoms with Crippen molar-refractivity contribution in [1.82, 2.24) is 19.5 Å². The van der Waals surface area contributed by atoms with E-state index >= 15 is 0 Å². The van der Waals surface area contributed by atoms with Gasteiger partial charge in [-0.25, -0.2) is 9.97 Å². The lowest BCUT2D eigenvalue weighted by atomic mass is 10.2. The lowest BCUT2D eigenvalue weighted by molar-refractivity contribution is -0.137. The van der Waals surface area contributed by atoms with E-state index < -0.39 is 11.7 Å². The first-order valence-electron chi connectivity index (χ1n) is 6.87. The molecule has 3 aromatic rings. The molecular weight excluding hydrogens is 472 g/mol. The second-order valence-corrected chi connectivity index (χ2v) is 6.64. The van der Waals surface area contributed by atoms with Crippen LogP contribution in [-0.4, -0.2) is 19.5 Å². The van der Waals surface area contributed by atoms with Crippen LogP contribution in [0.2, 0.25) is 10.0 Å². The fraction of sp³-hybridized carbons (Fsp3) is 0.0667. The molecule has 136 valence electrons. The Morgan fingerprint density at radius 2 is 1.78 bits per heavy atom. The minimum absolute atomic E-state index is 0.0421. The highest BCUT2D eigenvalue weighted by atomic mass is 79.9. The number of hydrogen-bond donors (Lipinski definition) is 1. The summed E-state index contributed by atoms with van der Waals surface area (Å²) < 4.78 is 40.2. The average Bonchev–Trinajstić information content (AvgIpc) is 3.17. The van der Waals surface area contributed by atoms with Crippen LogP contribution in [0.15, 0.2) is 23.1 Å². The number of aromatic nitrogens is 4. The van der Waals surface area contributed by atoms with Crippen LogP contribution in [0.4, 0.5) is 13.2 Å². The summed E-state index contributed by atoms with van der Waals surface area (Å²) in [5.41, 5.74) is -0.857. The Labute approximate surface area is 167 Å². The van der Waals surface area contributed by atoms with Gasteiger partial charge in [0.1, 0.15) is 28.8 Å². The predicted octanol–water partition coefficient (Wildman–Crippen LogP) is 5.09. The van der Waals surface area contributed by atoms with Gasteiger partial charge >= 0.3 is 6.18 Å². The van der Waals surface area contributed by atoms with Gasteiger partial charge < -0.3 is 4.98 Å². The van der Waals surface area contributed by atoms with Crippen molar-refractivity contribution in [1.29, 1.82) is 10.5 Å². The molecule has 2 aromatic heterocycles. The van der Waals surface area contributed by atoms with Gasteiger partial charge in [0.15, 0.2) is 17.2 Å². The highest BCUT2D eigenvalue weighted by Crippen LogP contribution is 2.39. The predicted molar refractivity (Wildman–Crippen MR) is 93.3 cm³/mol. The molecule has 0 atom stereocenters. The van der Waals surface area contributed by atoms with Gasteiger partial charge in [-0.3, -0.25) is 4.57 Å². The molecule has 0 amide bonds. The molecule has 27 heavy (non-hydrogen) atoms. The topological polar surface area (TPSA) is 94.1 Å². The number of hydrogen-bond acceptors (Lipinski definition) is 4. The van der Waals surface area contributed by atoms with Gasteiger partial charge in [-0.15, -0.1) is 0 Å². The SMILES string of the molecule is N#Cc1nc(-c2ncn(-c3c(Cl)cc(C(F)(F)F)cc3Cl)c2Br)[nH]c1C#N. The average molecular weight is 476 g/mol. The summed E-state index contributed by atoms with van der Waals surface area (Å²) in [4.78, 5) is 10.7. The van der Waals surface area contributed by atoms with Crippen molar-refractivity contribution in [3.05, 3.63) is 50.1 Å². The molecule has 3 rings (SSSR count). The first-order chi connectivity index (χ1) is 12.7. The third kappa shape index (κ3) is 3.39. The Kier molecular flexibility index (Phi) is 4.91. The van der Waals surface area contributed by atoms with Crippen molar-refractivity contribution in [2.24, 2.45) is 0 Å². The first-order valence-corrected chi connectivity index (χ1v) is 8.42. The van der Waals surface area contributed by atoms with Crippen molar-refractivity contribution in [2.45, 2.75) is 6.18 Å². The summed E-state index contributed by atoms with van der Waals surface area (Å²) >= 11 is 15.3. The van der Waals surface area contributed by atoms with Gasteiger partial charge in [0, 0.05) is 0 Å². The number of nitrogens with zero attached hydrogens (tertiary/aromatic N) is 5. The van der Waals surface area contributed by atoms with Crippen LogP contribution in [0, 0.1) is 22.7 Å². The molecule has 2 heterocycles. The molecule has 6 nitrogen and oxygen atoms in total. The highest BCUT2D eigenvalue weighted by molar-refractivity contribution is 9.10. The van der Waals surface area contributed by atoms with E-state index in [1.54, 1.807) is 12.1 Å². The zero-order valence-electron chi connectivity index (χ0n) is 12.7. The third-order valence-electron chi connectivity index (χ3n) is 3.44. The van der Waals surface area contributed by atoms with Crippen LogP contribution in [0.5, 0.6) is 0 Å². The number of H-pyrrole nitrogens is 1. The summed E-state index contributed by atoms with van der Waals surface area (Å²) in [6.45, 7) is 0. The summed E-state index contributed by atoms with van der Waals surface area (Å²) in [6.07, 6.45) is -3.33. The smallest absolute Gasteiger partial charge is 0.327 e. The van der Waals surface area contributed by atoms with E-state index in [4.69, 9.17) is 33.7 Å². The van der Waals surface area contributed by atoms with Crippen molar-refractivity contribution in [2.75, 3.05) is 0 Å². The number of aromatic amines is 1. The Balaban J connectivity index is 2.13. The van der Waals surface area contributed by atoms with Crippen LogP contribution in [-0.2, 0) is 6.18 Å². The zero-order valence-corrected chi connectivity index (χ0v) is 15.8. The number of imidazole rings is 2. The molecule has 0 unspecified atom stereocenters. The maximum Gasteiger partial charge on any atom is 0.416 e. The zero-order chi connectivity index (χ0) is 19.9. The molecule has 0 bridgehead atoms. The second kappa shape index (κ2) is 6.89. The lowest BCUT2D eigenvalue weighted by Crippen LogP contribution is -2.06. The van der Waals surface area contributed by atoms with E-state index in [0.29, 0.717) is 0 Å². The van der Waals surface area contributed by atoms with Crippen LogP contribution < -0.4 is 0 Å². The second-order valence-electron chi connectivity index (χ2n) is 5.07. The summed E-state index contributed by atoms with van der Waals surface area (Å²) in [6, 6.07) is 5.07. The van der Waals surface area contributed by atoms with E-state index in [1.165, 1.54) is 10.9 Å². The van der Waals surface area contributed by atoms with Crippen molar-refractivity contribution in [3.8, 4) is 29.3 Å². The van der Waals surface area contributed by atoms with Gasteiger partial charge in [0.05, 0.1) is 21.3 Å². The fourth-order valence-corrected chi connectivity index (χ4v) is 3.48. The summed E-state index contributed by atoms with van der Waals surface area (Å²) in [7, 11) is 0. The molecule has 0 aliphatic heterocycles. The van der Waals surface area contributed by atoms with Gasteiger partial charge in [0.2, 0.25) is 0 Å². The summed E-state index contributed by atoms with van der Waals surface area (Å²) in [5.74, 6) is 0.118. The number of rotatable bonds is 2. The Morgan fingerprint density at radius 3 is 2.26 bits per heavy atom. The molecule has 0 saturated heterocycles. The highest BCUT2D eigenvalue weighted by Gasteiger charge is 2.32. The Morgan fingerprint density at radius 1 is 1.15 bits per heavy atom. The normalized spacial score (nSPS) is 11.3. The number of alkyl halides is 3. The molecule has 0 aliphatic rings. The quantitative estimate of drug-likeness (QED) is 0.558. The van der Waals surface area contributed by atoms with E-state index in [0.717, 1.165) is 12.1 Å². The Hall–Kier alpha value is -2.53. The van der Waals surface area contributed by atoms with E-state index in [1.807, 2.05) is 0 Å². The first kappa shape index (κ1) is 19.2. The molecule has 0 saturated carbocycles. The number of halogens is 6. The van der Waals surface area contributed by atoms with Gasteiger partial charge in [-0.1, -0.05) is 23.2 Å². The number of benzene rings is 1. The molecule has 0 fully saturated rings. The maximum atomic E-state index is 12.9. The minimum Gasteiger partial charge on any atom is -0.327 e. The van der Waals surface area contributed by atoms with Crippen molar-refractivity contribution in [3.63, 3.8) is 0 Å². The molecule has 1 N–H and O–H groups in total. The van der Waals surface area contributed by atoms with Gasteiger partial charge in [-0.2, -0.15) is 23.7 Å². The van der Waals surface area contributed by atoms with E-state index in [-0.39, 0.29) is 43.2 Å². The van der Waals surface area contributed by atoms with Crippen molar-refractivity contribution >= 4 is 39.1 Å². The standard InChI is InChI=1S/C15H4BrCl2F3N6/c16-13-11(14-25-9(3-22)10(4-23)26-14)24-5-27(13)12-7(17)1-6(2-8(12)18)15(19,20)21/h1-2,5H,(H,25,26). The molecule has 1 aromatic carbocycles. The van der Waals surface area contributed by atoms with Crippen LogP contribution >= 0.6 is 39.1 Å². The van der Waals surface area contributed by atoms with E-state index in [2.05, 4.69) is 30.9 Å². The van der Waals surface area contributed by atoms with E-state index in [9.17, 15) is 13.2 Å². The molecule has 0 aliphatic carbocycles. The monoisotopic (exact) mass is 474 g/mol. The minimum atomic E-state index is -4.60. The molecule has 0 spiro atoms. The maximum absolute atomic E-state index is 12.9. The fourth-order valence-electron chi connectivity index (χ4n) is 2.25. The number of nitriles is 2. The molecule has 12 heteroatoms. The third-order valence-corrected chi connectivity index (χ3v) is 4.77. The Bertz CT molecular complexity index is 1080. The van der Waals surface area contributed by atoms with Crippen molar-refractivity contribution < 1.29 is 13.2 Å². The number of nitrogens with one attached hydrogen (secondary N) is 1. The largest absolute Gasteiger partial charge is 0.416 e. The van der Waals surface area contributed by atoms with Gasteiger partial charge in [-0.05, 0) is 28.1 Å². The molecule has 0 radical (unpaired) electrons. The molecular formula is C15H4BrCl2F3N6. The lowest BCUT2D eigenvalue weighted by Gasteiger charge is -2.13. The van der Waals surface area contributed by atoms with Gasteiger partial charge in [0.25, 0.3) is 0 Å². The van der Waals surface area contributed by atoms with Crippen LogP contribution in [0.1, 0.15) is 17.0 Å². The summed E-state index contributed by atoms with van der Waals surface area (Å²) in [5, 5.41) is 17.5. The van der Waals surface area contributed by atoms with Crippen LogP contribution in [0.3, 0.4) is 0 Å². The van der Waals surface area contributed by atoms with Crippen LogP contribution in [0.25, 0.3) is 17.2 Å².